The lowest BCUT2D eigenvalue weighted by Gasteiger charge is -2.06. The third-order valence-corrected chi connectivity index (χ3v) is 2.17. The first kappa shape index (κ1) is 12.8. The van der Waals surface area contributed by atoms with Gasteiger partial charge in [0.2, 0.25) is 17.7 Å². The van der Waals surface area contributed by atoms with E-state index in [4.69, 9.17) is 10.5 Å². The Bertz CT molecular complexity index is 551. The minimum atomic E-state index is -0.240. The highest BCUT2D eigenvalue weighted by molar-refractivity contribution is 5.90. The Kier molecular flexibility index (Phi) is 3.91. The van der Waals surface area contributed by atoms with Gasteiger partial charge in [0.05, 0.1) is 18.5 Å². The van der Waals surface area contributed by atoms with Crippen molar-refractivity contribution in [2.45, 2.75) is 13.5 Å². The molecule has 2 aromatic rings. The Balaban J connectivity index is 1.91. The van der Waals surface area contributed by atoms with Crippen LogP contribution in [0.25, 0.3) is 0 Å². The second kappa shape index (κ2) is 5.80. The van der Waals surface area contributed by atoms with Gasteiger partial charge in [-0.25, -0.2) is 14.6 Å². The van der Waals surface area contributed by atoms with Gasteiger partial charge in [-0.3, -0.25) is 4.79 Å². The summed E-state index contributed by atoms with van der Waals surface area (Å²) in [5.41, 5.74) is 5.94. The van der Waals surface area contributed by atoms with Crippen LogP contribution in [0.3, 0.4) is 0 Å². The van der Waals surface area contributed by atoms with Crippen molar-refractivity contribution in [2.75, 3.05) is 17.7 Å². The maximum atomic E-state index is 11.7. The minimum absolute atomic E-state index is 0.0391. The number of pyridine rings is 1. The topological polar surface area (TPSA) is 108 Å². The van der Waals surface area contributed by atoms with Gasteiger partial charge in [0.1, 0.15) is 12.9 Å². The van der Waals surface area contributed by atoms with Crippen LogP contribution in [0.1, 0.15) is 6.92 Å². The molecule has 100 valence electrons. The van der Waals surface area contributed by atoms with E-state index in [9.17, 15) is 4.79 Å². The maximum Gasteiger partial charge on any atom is 0.246 e. The maximum absolute atomic E-state index is 11.7. The molecule has 0 saturated carbocycles. The fourth-order valence-corrected chi connectivity index (χ4v) is 1.42. The number of hydrogen-bond acceptors (Lipinski definition) is 6. The highest BCUT2D eigenvalue weighted by Gasteiger charge is 2.05. The van der Waals surface area contributed by atoms with Crippen molar-refractivity contribution in [1.29, 1.82) is 0 Å². The van der Waals surface area contributed by atoms with Crippen molar-refractivity contribution in [3.8, 4) is 5.88 Å². The van der Waals surface area contributed by atoms with E-state index in [2.05, 4.69) is 20.4 Å². The zero-order valence-corrected chi connectivity index (χ0v) is 10.4. The molecule has 0 aromatic carbocycles. The molecule has 0 bridgehead atoms. The lowest BCUT2D eigenvalue weighted by Crippen LogP contribution is -2.19. The van der Waals surface area contributed by atoms with Crippen molar-refractivity contribution < 1.29 is 9.53 Å². The molecule has 0 spiro atoms. The van der Waals surface area contributed by atoms with Crippen LogP contribution in [0.5, 0.6) is 5.88 Å². The number of rotatable bonds is 5. The van der Waals surface area contributed by atoms with Crippen molar-refractivity contribution >= 4 is 17.5 Å². The molecule has 0 aliphatic carbocycles. The highest BCUT2D eigenvalue weighted by Crippen LogP contribution is 2.11. The van der Waals surface area contributed by atoms with Crippen LogP contribution in [0.15, 0.2) is 24.7 Å². The van der Waals surface area contributed by atoms with Gasteiger partial charge in [-0.15, -0.1) is 5.10 Å². The molecule has 8 nitrogen and oxygen atoms in total. The van der Waals surface area contributed by atoms with Crippen LogP contribution in [-0.4, -0.2) is 32.3 Å². The van der Waals surface area contributed by atoms with E-state index in [-0.39, 0.29) is 18.4 Å². The molecular weight excluding hydrogens is 248 g/mol. The van der Waals surface area contributed by atoms with E-state index in [0.29, 0.717) is 18.2 Å². The smallest absolute Gasteiger partial charge is 0.246 e. The van der Waals surface area contributed by atoms with Gasteiger partial charge in [0, 0.05) is 6.07 Å². The number of ether oxygens (including phenoxy) is 1. The standard InChI is InChI=1S/C11H14N6O2/c1-2-19-10-4-3-8(5-13-10)15-9(18)6-17-7-14-11(12)16-17/h3-5,7H,2,6H2,1H3,(H2,12,16)(H,15,18). The highest BCUT2D eigenvalue weighted by atomic mass is 16.5. The average Bonchev–Trinajstić information content (AvgIpc) is 2.77. The van der Waals surface area contributed by atoms with E-state index in [0.717, 1.165) is 0 Å². The first-order chi connectivity index (χ1) is 9.17. The number of carbonyl (C=O) groups excluding carboxylic acids is 1. The van der Waals surface area contributed by atoms with Gasteiger partial charge in [-0.05, 0) is 13.0 Å². The zero-order chi connectivity index (χ0) is 13.7. The van der Waals surface area contributed by atoms with Gasteiger partial charge in [0.15, 0.2) is 0 Å². The molecule has 2 heterocycles. The summed E-state index contributed by atoms with van der Waals surface area (Å²) in [7, 11) is 0. The Morgan fingerprint density at radius 3 is 2.89 bits per heavy atom. The number of carbonyl (C=O) groups is 1. The quantitative estimate of drug-likeness (QED) is 0.802. The van der Waals surface area contributed by atoms with Gasteiger partial charge < -0.3 is 15.8 Å². The van der Waals surface area contributed by atoms with Crippen LogP contribution < -0.4 is 15.8 Å². The van der Waals surface area contributed by atoms with Crippen molar-refractivity contribution in [1.82, 2.24) is 19.7 Å². The number of anilines is 2. The fourth-order valence-electron chi connectivity index (χ4n) is 1.42. The van der Waals surface area contributed by atoms with E-state index in [1.165, 1.54) is 17.2 Å². The molecule has 0 unspecified atom stereocenters. The Morgan fingerprint density at radius 2 is 2.32 bits per heavy atom. The molecule has 2 aromatic heterocycles. The predicted molar refractivity (Wildman–Crippen MR) is 68.5 cm³/mol. The number of nitrogens with two attached hydrogens (primary N) is 1. The van der Waals surface area contributed by atoms with E-state index in [1.807, 2.05) is 6.92 Å². The second-order valence-corrected chi connectivity index (χ2v) is 3.67. The first-order valence-electron chi connectivity index (χ1n) is 5.71. The molecule has 0 fully saturated rings. The van der Waals surface area contributed by atoms with Crippen LogP contribution >= 0.6 is 0 Å². The van der Waals surface area contributed by atoms with Gasteiger partial charge in [-0.2, -0.15) is 0 Å². The first-order valence-corrected chi connectivity index (χ1v) is 5.71. The van der Waals surface area contributed by atoms with Gasteiger partial charge in [-0.1, -0.05) is 0 Å². The lowest BCUT2D eigenvalue weighted by atomic mass is 10.4. The molecule has 0 saturated heterocycles. The van der Waals surface area contributed by atoms with Crippen LogP contribution in [-0.2, 0) is 11.3 Å². The Morgan fingerprint density at radius 1 is 1.47 bits per heavy atom. The number of amides is 1. The van der Waals surface area contributed by atoms with Crippen molar-refractivity contribution in [3.05, 3.63) is 24.7 Å². The number of hydrogen-bond donors (Lipinski definition) is 2. The summed E-state index contributed by atoms with van der Waals surface area (Å²) in [4.78, 5) is 19.5. The summed E-state index contributed by atoms with van der Waals surface area (Å²) in [6, 6.07) is 3.40. The average molecular weight is 262 g/mol. The van der Waals surface area contributed by atoms with Crippen LogP contribution in [0, 0.1) is 0 Å². The largest absolute Gasteiger partial charge is 0.478 e. The monoisotopic (exact) mass is 262 g/mol. The summed E-state index contributed by atoms with van der Waals surface area (Å²) in [5, 5.41) is 6.50. The number of nitrogens with zero attached hydrogens (tertiary/aromatic N) is 4. The number of nitrogen functional groups attached to an aromatic ring is 1. The zero-order valence-electron chi connectivity index (χ0n) is 10.4. The predicted octanol–water partition coefficient (Wildman–Crippen LogP) is 0.293. The molecular formula is C11H14N6O2. The third-order valence-electron chi connectivity index (χ3n) is 2.17. The SMILES string of the molecule is CCOc1ccc(NC(=O)Cn2cnc(N)n2)cn1. The molecule has 8 heteroatoms. The third kappa shape index (κ3) is 3.66. The molecule has 0 radical (unpaired) electrons. The lowest BCUT2D eigenvalue weighted by molar-refractivity contribution is -0.116. The van der Waals surface area contributed by atoms with E-state index >= 15 is 0 Å². The van der Waals surface area contributed by atoms with E-state index in [1.54, 1.807) is 12.1 Å². The summed E-state index contributed by atoms with van der Waals surface area (Å²) in [6.07, 6.45) is 2.92. The molecule has 1 amide bonds. The molecule has 3 N–H and O–H groups in total. The summed E-state index contributed by atoms with van der Waals surface area (Å²) < 4.78 is 6.56. The second-order valence-electron chi connectivity index (χ2n) is 3.67. The molecule has 0 aliphatic rings. The molecule has 0 atom stereocenters. The number of nitrogens with one attached hydrogen (secondary N) is 1. The van der Waals surface area contributed by atoms with E-state index < -0.39 is 0 Å². The summed E-state index contributed by atoms with van der Waals surface area (Å²) in [6.45, 7) is 2.46. The van der Waals surface area contributed by atoms with Crippen molar-refractivity contribution in [3.63, 3.8) is 0 Å². The number of aromatic nitrogens is 4. The molecule has 19 heavy (non-hydrogen) atoms. The summed E-state index contributed by atoms with van der Waals surface area (Å²) >= 11 is 0. The fraction of sp³-hybridized carbons (Fsp3) is 0.273. The van der Waals surface area contributed by atoms with Gasteiger partial charge in [0.25, 0.3) is 0 Å². The van der Waals surface area contributed by atoms with Crippen LogP contribution in [0.2, 0.25) is 0 Å². The van der Waals surface area contributed by atoms with Gasteiger partial charge >= 0.3 is 0 Å². The normalized spacial score (nSPS) is 10.2. The summed E-state index contributed by atoms with van der Waals surface area (Å²) in [5.74, 6) is 0.413. The molecule has 0 aliphatic heterocycles. The van der Waals surface area contributed by atoms with Crippen LogP contribution in [0.4, 0.5) is 11.6 Å². The van der Waals surface area contributed by atoms with Crippen molar-refractivity contribution in [2.24, 2.45) is 0 Å². The molecule has 2 rings (SSSR count). The Hall–Kier alpha value is -2.64. The minimum Gasteiger partial charge on any atom is -0.478 e. The Labute approximate surface area is 109 Å².